The third-order valence-electron chi connectivity index (χ3n) is 2.42. The topological polar surface area (TPSA) is 0 Å². The van der Waals surface area contributed by atoms with Gasteiger partial charge in [-0.3, -0.25) is 0 Å². The Morgan fingerprint density at radius 3 is 2.43 bits per heavy atom. The van der Waals surface area contributed by atoms with E-state index in [2.05, 4.69) is 38.1 Å². The van der Waals surface area contributed by atoms with Crippen molar-refractivity contribution in [3.63, 3.8) is 0 Å². The predicted molar refractivity (Wildman–Crippen MR) is 58.7 cm³/mol. The summed E-state index contributed by atoms with van der Waals surface area (Å²) in [5.41, 5.74) is 2.61. The average molecular weight is 182 g/mol. The van der Waals surface area contributed by atoms with E-state index < -0.39 is 0 Å². The number of unbranched alkanes of at least 4 members (excludes halogenated alkanes) is 3. The molecule has 0 spiro atoms. The van der Waals surface area contributed by atoms with Crippen LogP contribution in [0, 0.1) is 6.92 Å². The molecule has 1 rings (SSSR count). The smallest absolute Gasteiger partial charge is 0.198 e. The molecule has 1 aromatic rings. The van der Waals surface area contributed by atoms with Crippen molar-refractivity contribution in [2.75, 3.05) is 0 Å². The van der Waals surface area contributed by atoms with Crippen molar-refractivity contribution in [3.05, 3.63) is 42.3 Å². The molecule has 0 radical (unpaired) electrons. The van der Waals surface area contributed by atoms with Gasteiger partial charge in [-0.2, -0.15) is 18.6 Å². The fraction of sp³-hybridized carbons (Fsp3) is 0.462. The van der Waals surface area contributed by atoms with Crippen molar-refractivity contribution in [1.29, 1.82) is 0 Å². The van der Waals surface area contributed by atoms with Crippen molar-refractivity contribution < 1.29 is 18.9 Å². The van der Waals surface area contributed by atoms with Crippen LogP contribution >= 0.6 is 0 Å². The van der Waals surface area contributed by atoms with Crippen molar-refractivity contribution in [2.45, 2.75) is 39.0 Å². The minimum Gasteiger partial charge on any atom is -0.198 e. The van der Waals surface area contributed by atoms with Crippen LogP contribution in [0.3, 0.4) is 0 Å². The molecule has 1 aromatic carbocycles. The van der Waals surface area contributed by atoms with E-state index >= 15 is 0 Å². The molecule has 0 saturated heterocycles. The van der Waals surface area contributed by atoms with Crippen LogP contribution in [0.1, 0.15) is 43.7 Å². The Hall–Kier alpha value is -0.313. The van der Waals surface area contributed by atoms with Gasteiger partial charge in [0.05, 0.1) is 0 Å². The van der Waals surface area contributed by atoms with E-state index in [0.29, 0.717) is 0 Å². The largest absolute Gasteiger partial charge is 1.00 e. The van der Waals surface area contributed by atoms with E-state index in [1.165, 1.54) is 43.2 Å². The molecule has 0 aromatic heterocycles. The molecule has 14 heavy (non-hydrogen) atoms. The van der Waals surface area contributed by atoms with Crippen LogP contribution in [-0.2, 0) is 6.42 Å². The number of rotatable bonds is 5. The fourth-order valence-corrected chi connectivity index (χ4v) is 1.54. The Labute approximate surface area is 100 Å². The minimum absolute atomic E-state index is 0. The fourth-order valence-electron chi connectivity index (χ4n) is 1.54. The minimum atomic E-state index is 0. The number of aryl methyl sites for hydroxylation is 1. The Morgan fingerprint density at radius 2 is 1.79 bits per heavy atom. The molecule has 0 saturated carbocycles. The molecule has 0 nitrogen and oxygen atoms in total. The second kappa shape index (κ2) is 8.03. The van der Waals surface area contributed by atoms with E-state index in [-0.39, 0.29) is 18.9 Å². The summed E-state index contributed by atoms with van der Waals surface area (Å²) in [4.78, 5) is 0. The SMILES string of the molecule is [CH2-]c1ccccc1CCCCCC.[Li+]. The molecular formula is C13H19Li. The maximum Gasteiger partial charge on any atom is 1.00 e. The van der Waals surface area contributed by atoms with Crippen molar-refractivity contribution in [2.24, 2.45) is 0 Å². The van der Waals surface area contributed by atoms with Gasteiger partial charge in [-0.15, -0.1) is 17.7 Å². The van der Waals surface area contributed by atoms with Gasteiger partial charge in [-0.25, -0.2) is 0 Å². The maximum atomic E-state index is 4.02. The van der Waals surface area contributed by atoms with Gasteiger partial charge in [-0.05, 0) is 0 Å². The number of hydrogen-bond donors (Lipinski definition) is 0. The molecule has 0 bridgehead atoms. The third-order valence-corrected chi connectivity index (χ3v) is 2.42. The first-order valence-electron chi connectivity index (χ1n) is 5.24. The predicted octanol–water partition coefficient (Wildman–Crippen LogP) is 0.996. The number of hydrogen-bond acceptors (Lipinski definition) is 0. The molecule has 0 aliphatic rings. The summed E-state index contributed by atoms with van der Waals surface area (Å²) in [6, 6.07) is 8.44. The molecule has 0 fully saturated rings. The third kappa shape index (κ3) is 4.79. The quantitative estimate of drug-likeness (QED) is 0.362. The molecular weight excluding hydrogens is 163 g/mol. The average Bonchev–Trinajstić information content (AvgIpc) is 2.15. The summed E-state index contributed by atoms with van der Waals surface area (Å²) < 4.78 is 0. The Kier molecular flexibility index (Phi) is 7.85. The van der Waals surface area contributed by atoms with Crippen LogP contribution < -0.4 is 18.9 Å². The molecule has 0 unspecified atom stereocenters. The Bertz CT molecular complexity index is 243. The molecule has 0 atom stereocenters. The van der Waals surface area contributed by atoms with Gasteiger partial charge in [0.2, 0.25) is 0 Å². The Balaban J connectivity index is 0.00000169. The zero-order valence-corrected chi connectivity index (χ0v) is 9.55. The second-order valence-corrected chi connectivity index (χ2v) is 3.58. The molecule has 0 aliphatic carbocycles. The maximum absolute atomic E-state index is 4.02. The molecule has 1 heteroatoms. The molecule has 0 N–H and O–H groups in total. The van der Waals surface area contributed by atoms with Gasteiger partial charge >= 0.3 is 18.9 Å². The second-order valence-electron chi connectivity index (χ2n) is 3.58. The standard InChI is InChI=1S/C13H19.Li/c1-3-4-5-6-10-13-11-8-7-9-12(13)2;/h7-9,11H,2-6,10H2,1H3;/q-1;+1. The van der Waals surface area contributed by atoms with E-state index in [1.54, 1.807) is 0 Å². The monoisotopic (exact) mass is 182 g/mol. The summed E-state index contributed by atoms with van der Waals surface area (Å²) in [5.74, 6) is 0. The van der Waals surface area contributed by atoms with Gasteiger partial charge in [0.15, 0.2) is 0 Å². The van der Waals surface area contributed by atoms with Gasteiger partial charge in [0, 0.05) is 0 Å². The van der Waals surface area contributed by atoms with Crippen LogP contribution in [0.25, 0.3) is 0 Å². The summed E-state index contributed by atoms with van der Waals surface area (Å²) in [6.45, 7) is 6.26. The van der Waals surface area contributed by atoms with E-state index in [1.807, 2.05) is 0 Å². The van der Waals surface area contributed by atoms with Gasteiger partial charge in [0.1, 0.15) is 0 Å². The summed E-state index contributed by atoms with van der Waals surface area (Å²) in [5, 5.41) is 0. The van der Waals surface area contributed by atoms with Crippen molar-refractivity contribution >= 4 is 0 Å². The van der Waals surface area contributed by atoms with Crippen LogP contribution in [0.2, 0.25) is 0 Å². The first-order valence-corrected chi connectivity index (χ1v) is 5.24. The summed E-state index contributed by atoms with van der Waals surface area (Å²) in [6.07, 6.45) is 6.52. The van der Waals surface area contributed by atoms with E-state index in [4.69, 9.17) is 0 Å². The van der Waals surface area contributed by atoms with Crippen LogP contribution in [0.4, 0.5) is 0 Å². The first-order chi connectivity index (χ1) is 6.34. The van der Waals surface area contributed by atoms with Crippen molar-refractivity contribution in [1.82, 2.24) is 0 Å². The van der Waals surface area contributed by atoms with Crippen molar-refractivity contribution in [3.8, 4) is 0 Å². The molecule has 0 aliphatic heterocycles. The molecule has 72 valence electrons. The van der Waals surface area contributed by atoms with Crippen LogP contribution in [-0.4, -0.2) is 0 Å². The Morgan fingerprint density at radius 1 is 1.07 bits per heavy atom. The van der Waals surface area contributed by atoms with Gasteiger partial charge in [-0.1, -0.05) is 45.1 Å². The zero-order chi connectivity index (χ0) is 9.52. The summed E-state index contributed by atoms with van der Waals surface area (Å²) in [7, 11) is 0. The summed E-state index contributed by atoms with van der Waals surface area (Å²) >= 11 is 0. The zero-order valence-electron chi connectivity index (χ0n) is 9.55. The van der Waals surface area contributed by atoms with Crippen LogP contribution in [0.5, 0.6) is 0 Å². The normalized spacial score (nSPS) is 9.50. The molecule has 0 amide bonds. The van der Waals surface area contributed by atoms with Gasteiger partial charge in [0.25, 0.3) is 0 Å². The van der Waals surface area contributed by atoms with E-state index in [9.17, 15) is 0 Å². The van der Waals surface area contributed by atoms with E-state index in [0.717, 1.165) is 0 Å². The van der Waals surface area contributed by atoms with Crippen LogP contribution in [0.15, 0.2) is 24.3 Å². The molecule has 0 heterocycles. The first kappa shape index (κ1) is 13.7. The number of benzene rings is 1. The van der Waals surface area contributed by atoms with Gasteiger partial charge < -0.3 is 0 Å².